The van der Waals surface area contributed by atoms with Crippen LogP contribution in [0.3, 0.4) is 0 Å². The summed E-state index contributed by atoms with van der Waals surface area (Å²) in [6, 6.07) is 5.60. The summed E-state index contributed by atoms with van der Waals surface area (Å²) in [6.45, 7) is 2.49. The monoisotopic (exact) mass is 288 g/mol. The summed E-state index contributed by atoms with van der Waals surface area (Å²) in [4.78, 5) is 14.4. The molecule has 2 aliphatic rings. The lowest BCUT2D eigenvalue weighted by atomic mass is 10.1. The van der Waals surface area contributed by atoms with Gasteiger partial charge in [0, 0.05) is 18.7 Å². The van der Waals surface area contributed by atoms with E-state index in [4.69, 9.17) is 15.2 Å². The fourth-order valence-corrected chi connectivity index (χ4v) is 2.82. The minimum Gasteiger partial charge on any atom is -0.497 e. The van der Waals surface area contributed by atoms with Crippen molar-refractivity contribution in [3.63, 3.8) is 0 Å². The summed E-state index contributed by atoms with van der Waals surface area (Å²) in [5, 5.41) is 0. The zero-order valence-corrected chi connectivity index (χ0v) is 12.2. The number of amides is 1. The Labute approximate surface area is 124 Å². The summed E-state index contributed by atoms with van der Waals surface area (Å²) in [5.41, 5.74) is 7.25. The fourth-order valence-electron chi connectivity index (χ4n) is 2.82. The van der Waals surface area contributed by atoms with Gasteiger partial charge in [-0.1, -0.05) is 0 Å². The maximum Gasteiger partial charge on any atom is 0.253 e. The van der Waals surface area contributed by atoms with Gasteiger partial charge >= 0.3 is 0 Å². The summed E-state index contributed by atoms with van der Waals surface area (Å²) < 4.78 is 10.9. The number of carbonyl (C=O) groups is 1. The number of likely N-dealkylation sites (tertiary alicyclic amines) is 1. The maximum atomic E-state index is 12.5. The van der Waals surface area contributed by atoms with Crippen molar-refractivity contribution < 1.29 is 14.3 Å². The van der Waals surface area contributed by atoms with Crippen molar-refractivity contribution in [1.82, 2.24) is 4.90 Å². The molecule has 1 atom stereocenters. The highest BCUT2D eigenvalue weighted by Gasteiger charge is 2.28. The molecule has 0 saturated carbocycles. The molecule has 0 radical (unpaired) electrons. The van der Waals surface area contributed by atoms with Crippen LogP contribution in [-0.4, -0.2) is 44.2 Å². The molecule has 0 aliphatic carbocycles. The molecule has 1 amide bonds. The van der Waals surface area contributed by atoms with Crippen molar-refractivity contribution in [2.24, 2.45) is 11.7 Å². The molecule has 21 heavy (non-hydrogen) atoms. The van der Waals surface area contributed by atoms with Gasteiger partial charge in [-0.05, 0) is 43.2 Å². The van der Waals surface area contributed by atoms with Crippen LogP contribution in [0.4, 0.5) is 0 Å². The van der Waals surface area contributed by atoms with Crippen LogP contribution in [0.1, 0.15) is 12.0 Å². The summed E-state index contributed by atoms with van der Waals surface area (Å²) in [7, 11) is 1.62. The molecule has 3 rings (SSSR count). The molecule has 2 N–H and O–H groups in total. The van der Waals surface area contributed by atoms with E-state index in [0.29, 0.717) is 24.6 Å². The number of nitrogens with two attached hydrogens (primary N) is 1. The van der Waals surface area contributed by atoms with E-state index in [2.05, 4.69) is 0 Å². The van der Waals surface area contributed by atoms with Gasteiger partial charge in [-0.2, -0.15) is 0 Å². The Hall–Kier alpha value is -2.01. The molecule has 112 valence electrons. The number of carbonyl (C=O) groups excluding carboxylic acids is 1. The molecule has 1 saturated heterocycles. The third kappa shape index (κ3) is 2.74. The standard InChI is InChI=1S/C16H20N2O3/c1-20-14-2-3-15-12(7-14)6-13(10-21-15)16(19)18-5-4-11(8-17)9-18/h2-3,6-7,11H,4-5,8-10,17H2,1H3. The Balaban J connectivity index is 1.80. The lowest BCUT2D eigenvalue weighted by Gasteiger charge is -2.22. The molecule has 0 aromatic heterocycles. The molecule has 1 unspecified atom stereocenters. The van der Waals surface area contributed by atoms with Gasteiger partial charge in [0.2, 0.25) is 0 Å². The Kier molecular flexibility index (Phi) is 3.84. The molecule has 2 heterocycles. The van der Waals surface area contributed by atoms with Gasteiger partial charge in [0.25, 0.3) is 5.91 Å². The zero-order valence-electron chi connectivity index (χ0n) is 12.2. The number of hydrogen-bond acceptors (Lipinski definition) is 4. The van der Waals surface area contributed by atoms with Crippen molar-refractivity contribution in [2.45, 2.75) is 6.42 Å². The molecule has 5 heteroatoms. The van der Waals surface area contributed by atoms with Crippen LogP contribution < -0.4 is 15.2 Å². The van der Waals surface area contributed by atoms with Gasteiger partial charge in [-0.25, -0.2) is 0 Å². The number of ether oxygens (including phenoxy) is 2. The average molecular weight is 288 g/mol. The highest BCUT2D eigenvalue weighted by molar-refractivity contribution is 5.99. The van der Waals surface area contributed by atoms with E-state index in [1.165, 1.54) is 0 Å². The second-order valence-electron chi connectivity index (χ2n) is 5.50. The number of fused-ring (bicyclic) bond motifs is 1. The Bertz CT molecular complexity index is 583. The molecule has 0 spiro atoms. The minimum absolute atomic E-state index is 0.0550. The number of rotatable bonds is 3. The average Bonchev–Trinajstić information content (AvgIpc) is 3.02. The van der Waals surface area contributed by atoms with Crippen LogP contribution in [0, 0.1) is 5.92 Å². The first-order valence-electron chi connectivity index (χ1n) is 7.22. The lowest BCUT2D eigenvalue weighted by molar-refractivity contribution is -0.126. The number of benzene rings is 1. The van der Waals surface area contributed by atoms with Gasteiger partial charge in [0.05, 0.1) is 12.7 Å². The van der Waals surface area contributed by atoms with Crippen molar-refractivity contribution in [3.8, 4) is 11.5 Å². The SMILES string of the molecule is COc1ccc2c(c1)C=C(C(=O)N1CCC(CN)C1)CO2. The van der Waals surface area contributed by atoms with Crippen LogP contribution >= 0.6 is 0 Å². The third-order valence-corrected chi connectivity index (χ3v) is 4.11. The van der Waals surface area contributed by atoms with Crippen LogP contribution in [0.25, 0.3) is 6.08 Å². The Morgan fingerprint density at radius 1 is 1.52 bits per heavy atom. The normalized spacial score (nSPS) is 20.6. The fraction of sp³-hybridized carbons (Fsp3) is 0.438. The minimum atomic E-state index is 0.0550. The quantitative estimate of drug-likeness (QED) is 0.910. The third-order valence-electron chi connectivity index (χ3n) is 4.11. The zero-order chi connectivity index (χ0) is 14.8. The van der Waals surface area contributed by atoms with Crippen LogP contribution in [0.5, 0.6) is 11.5 Å². The van der Waals surface area contributed by atoms with Gasteiger partial charge < -0.3 is 20.1 Å². The van der Waals surface area contributed by atoms with Gasteiger partial charge in [-0.15, -0.1) is 0 Å². The van der Waals surface area contributed by atoms with E-state index < -0.39 is 0 Å². The van der Waals surface area contributed by atoms with E-state index in [-0.39, 0.29) is 5.91 Å². The smallest absolute Gasteiger partial charge is 0.253 e. The van der Waals surface area contributed by atoms with E-state index in [0.717, 1.165) is 36.6 Å². The van der Waals surface area contributed by atoms with E-state index in [1.807, 2.05) is 29.2 Å². The van der Waals surface area contributed by atoms with E-state index in [1.54, 1.807) is 7.11 Å². The molecule has 1 aromatic rings. The van der Waals surface area contributed by atoms with E-state index >= 15 is 0 Å². The van der Waals surface area contributed by atoms with Crippen LogP contribution in [0.15, 0.2) is 23.8 Å². The molecule has 5 nitrogen and oxygen atoms in total. The Morgan fingerprint density at radius 3 is 3.10 bits per heavy atom. The number of nitrogens with zero attached hydrogens (tertiary/aromatic N) is 1. The second-order valence-corrected chi connectivity index (χ2v) is 5.50. The van der Waals surface area contributed by atoms with Crippen LogP contribution in [-0.2, 0) is 4.79 Å². The predicted molar refractivity (Wildman–Crippen MR) is 80.2 cm³/mol. The number of hydrogen-bond donors (Lipinski definition) is 1. The molecular weight excluding hydrogens is 268 g/mol. The van der Waals surface area contributed by atoms with E-state index in [9.17, 15) is 4.79 Å². The second kappa shape index (κ2) is 5.77. The van der Waals surface area contributed by atoms with Gasteiger partial charge in [0.15, 0.2) is 0 Å². The predicted octanol–water partition coefficient (Wildman–Crippen LogP) is 1.28. The van der Waals surface area contributed by atoms with Crippen molar-refractivity contribution in [2.75, 3.05) is 33.4 Å². The van der Waals surface area contributed by atoms with Crippen LogP contribution in [0.2, 0.25) is 0 Å². The highest BCUT2D eigenvalue weighted by atomic mass is 16.5. The van der Waals surface area contributed by atoms with Gasteiger partial charge in [-0.3, -0.25) is 4.79 Å². The molecule has 1 fully saturated rings. The molecular formula is C16H20N2O3. The summed E-state index contributed by atoms with van der Waals surface area (Å²) >= 11 is 0. The first-order chi connectivity index (χ1) is 10.2. The van der Waals surface area contributed by atoms with Crippen molar-refractivity contribution in [3.05, 3.63) is 29.3 Å². The molecule has 0 bridgehead atoms. The summed E-state index contributed by atoms with van der Waals surface area (Å²) in [6.07, 6.45) is 2.89. The van der Waals surface area contributed by atoms with Gasteiger partial charge in [0.1, 0.15) is 18.1 Å². The Morgan fingerprint density at radius 2 is 2.38 bits per heavy atom. The van der Waals surface area contributed by atoms with Crippen molar-refractivity contribution in [1.29, 1.82) is 0 Å². The largest absolute Gasteiger partial charge is 0.497 e. The molecule has 1 aromatic carbocycles. The first kappa shape index (κ1) is 13.9. The number of methoxy groups -OCH3 is 1. The maximum absolute atomic E-state index is 12.5. The topological polar surface area (TPSA) is 64.8 Å². The molecule has 2 aliphatic heterocycles. The first-order valence-corrected chi connectivity index (χ1v) is 7.22. The van der Waals surface area contributed by atoms with Crippen molar-refractivity contribution >= 4 is 12.0 Å². The summed E-state index contributed by atoms with van der Waals surface area (Å²) in [5.74, 6) is 2.02. The lowest BCUT2D eigenvalue weighted by Crippen LogP contribution is -2.33. The highest BCUT2D eigenvalue weighted by Crippen LogP contribution is 2.31.